The molecule has 1 atom stereocenters. The largest absolute Gasteiger partial charge is 0.326 e. The number of carbonyl (C=O) groups excluding carboxylic acids is 1. The number of anilines is 1. The molecule has 5 nitrogen and oxygen atoms in total. The van der Waals surface area contributed by atoms with Crippen LogP contribution < -0.4 is 10.0 Å². The van der Waals surface area contributed by atoms with Crippen molar-refractivity contribution < 1.29 is 13.2 Å². The van der Waals surface area contributed by atoms with E-state index in [1.807, 2.05) is 32.0 Å². The van der Waals surface area contributed by atoms with Gasteiger partial charge >= 0.3 is 0 Å². The van der Waals surface area contributed by atoms with E-state index in [2.05, 4.69) is 10.0 Å². The van der Waals surface area contributed by atoms with E-state index in [0.29, 0.717) is 10.6 Å². The number of aryl methyl sites for hydroxylation is 2. The van der Waals surface area contributed by atoms with Crippen molar-refractivity contribution >= 4 is 33.2 Å². The predicted octanol–water partition coefficient (Wildman–Crippen LogP) is 3.58. The molecule has 0 heterocycles. The Morgan fingerprint density at radius 1 is 1.12 bits per heavy atom. The summed E-state index contributed by atoms with van der Waals surface area (Å²) >= 11 is 5.88. The molecule has 0 aliphatic rings. The monoisotopic (exact) mass is 380 g/mol. The molecule has 7 heteroatoms. The zero-order chi connectivity index (χ0) is 18.6. The summed E-state index contributed by atoms with van der Waals surface area (Å²) in [6.07, 6.45) is 1.04. The number of carbonyl (C=O) groups is 1. The molecule has 0 aliphatic heterocycles. The third-order valence-corrected chi connectivity index (χ3v) is 4.65. The van der Waals surface area contributed by atoms with Crippen LogP contribution in [-0.4, -0.2) is 20.6 Å². The predicted molar refractivity (Wildman–Crippen MR) is 101 cm³/mol. The van der Waals surface area contributed by atoms with Crippen LogP contribution in [0, 0.1) is 13.8 Å². The summed E-state index contributed by atoms with van der Waals surface area (Å²) < 4.78 is 25.8. The van der Waals surface area contributed by atoms with Crippen LogP contribution in [-0.2, 0) is 14.8 Å². The standard InChI is InChI=1S/C18H21ClN2O3S/c1-12-4-5-13(2)16(10-12)20-18(22)11-17(21-25(3,23)24)14-6-8-15(19)9-7-14/h4-10,17,21H,11H2,1-3H3,(H,20,22)/t17-/m1/s1. The maximum atomic E-state index is 12.4. The van der Waals surface area contributed by atoms with E-state index in [4.69, 9.17) is 11.6 Å². The fourth-order valence-corrected chi connectivity index (χ4v) is 3.30. The second kappa shape index (κ2) is 7.99. The van der Waals surface area contributed by atoms with Gasteiger partial charge in [-0.05, 0) is 48.7 Å². The van der Waals surface area contributed by atoms with Crippen LogP contribution in [0.2, 0.25) is 5.02 Å². The smallest absolute Gasteiger partial charge is 0.226 e. The summed E-state index contributed by atoms with van der Waals surface area (Å²) in [6.45, 7) is 3.84. The van der Waals surface area contributed by atoms with Crippen molar-refractivity contribution in [2.75, 3.05) is 11.6 Å². The van der Waals surface area contributed by atoms with Gasteiger partial charge in [0.25, 0.3) is 0 Å². The molecular formula is C18H21ClN2O3S. The minimum atomic E-state index is -3.48. The van der Waals surface area contributed by atoms with Crippen LogP contribution in [0.25, 0.3) is 0 Å². The number of benzene rings is 2. The SMILES string of the molecule is Cc1ccc(C)c(NC(=O)C[C@@H](NS(C)(=O)=O)c2ccc(Cl)cc2)c1. The summed E-state index contributed by atoms with van der Waals surface area (Å²) in [6, 6.07) is 11.8. The molecule has 0 saturated heterocycles. The summed E-state index contributed by atoms with van der Waals surface area (Å²) in [4.78, 5) is 12.4. The van der Waals surface area contributed by atoms with E-state index in [9.17, 15) is 13.2 Å². The van der Waals surface area contributed by atoms with Gasteiger partial charge in [0.05, 0.1) is 12.3 Å². The molecule has 134 valence electrons. The van der Waals surface area contributed by atoms with Gasteiger partial charge in [-0.3, -0.25) is 4.79 Å². The molecule has 0 aromatic heterocycles. The topological polar surface area (TPSA) is 75.3 Å². The summed E-state index contributed by atoms with van der Waals surface area (Å²) in [5.41, 5.74) is 3.37. The van der Waals surface area contributed by atoms with Crippen LogP contribution in [0.15, 0.2) is 42.5 Å². The maximum absolute atomic E-state index is 12.4. The highest BCUT2D eigenvalue weighted by atomic mass is 35.5. The lowest BCUT2D eigenvalue weighted by molar-refractivity contribution is -0.116. The molecule has 25 heavy (non-hydrogen) atoms. The van der Waals surface area contributed by atoms with Gasteiger partial charge in [0.15, 0.2) is 0 Å². The number of nitrogens with one attached hydrogen (secondary N) is 2. The van der Waals surface area contributed by atoms with E-state index in [1.54, 1.807) is 24.3 Å². The molecule has 2 rings (SSSR count). The van der Waals surface area contributed by atoms with Gasteiger partial charge in [-0.1, -0.05) is 35.9 Å². The van der Waals surface area contributed by atoms with Gasteiger partial charge in [-0.2, -0.15) is 0 Å². The number of halogens is 1. The van der Waals surface area contributed by atoms with Gasteiger partial charge in [-0.15, -0.1) is 0 Å². The molecule has 0 unspecified atom stereocenters. The molecule has 0 fully saturated rings. The average Bonchev–Trinajstić information content (AvgIpc) is 2.49. The highest BCUT2D eigenvalue weighted by molar-refractivity contribution is 7.88. The summed E-state index contributed by atoms with van der Waals surface area (Å²) in [5, 5.41) is 3.39. The van der Waals surface area contributed by atoms with Gasteiger partial charge in [0, 0.05) is 17.1 Å². The van der Waals surface area contributed by atoms with E-state index in [1.165, 1.54) is 0 Å². The first-order valence-corrected chi connectivity index (χ1v) is 10.0. The summed E-state index contributed by atoms with van der Waals surface area (Å²) in [7, 11) is -3.48. The van der Waals surface area contributed by atoms with Crippen molar-refractivity contribution in [3.8, 4) is 0 Å². The third-order valence-electron chi connectivity index (χ3n) is 3.69. The van der Waals surface area contributed by atoms with Crippen molar-refractivity contribution in [2.45, 2.75) is 26.3 Å². The van der Waals surface area contributed by atoms with E-state index < -0.39 is 16.1 Å². The summed E-state index contributed by atoms with van der Waals surface area (Å²) in [5.74, 6) is -0.273. The molecule has 2 aromatic carbocycles. The minimum absolute atomic E-state index is 0.0257. The number of hydrogen-bond donors (Lipinski definition) is 2. The maximum Gasteiger partial charge on any atom is 0.226 e. The quantitative estimate of drug-likeness (QED) is 0.804. The van der Waals surface area contributed by atoms with Crippen molar-refractivity contribution in [3.05, 3.63) is 64.2 Å². The first kappa shape index (κ1) is 19.4. The van der Waals surface area contributed by atoms with Crippen LogP contribution in [0.1, 0.15) is 29.2 Å². The van der Waals surface area contributed by atoms with Crippen LogP contribution in [0.4, 0.5) is 5.69 Å². The lowest BCUT2D eigenvalue weighted by atomic mass is 10.0. The Morgan fingerprint density at radius 3 is 2.36 bits per heavy atom. The van der Waals surface area contributed by atoms with Crippen molar-refractivity contribution in [2.24, 2.45) is 0 Å². The van der Waals surface area contributed by atoms with Crippen molar-refractivity contribution in [3.63, 3.8) is 0 Å². The number of rotatable bonds is 6. The Kier molecular flexibility index (Phi) is 6.21. The fraction of sp³-hybridized carbons (Fsp3) is 0.278. The average molecular weight is 381 g/mol. The van der Waals surface area contributed by atoms with Gasteiger partial charge < -0.3 is 5.32 Å². The zero-order valence-corrected chi connectivity index (χ0v) is 15.9. The normalized spacial score (nSPS) is 12.6. The van der Waals surface area contributed by atoms with Crippen LogP contribution in [0.5, 0.6) is 0 Å². The Morgan fingerprint density at radius 2 is 1.76 bits per heavy atom. The Hall–Kier alpha value is -1.89. The van der Waals surface area contributed by atoms with Crippen molar-refractivity contribution in [1.82, 2.24) is 4.72 Å². The first-order chi connectivity index (χ1) is 11.6. The molecule has 2 N–H and O–H groups in total. The number of sulfonamides is 1. The lowest BCUT2D eigenvalue weighted by Crippen LogP contribution is -2.30. The lowest BCUT2D eigenvalue weighted by Gasteiger charge is -2.18. The molecule has 0 aliphatic carbocycles. The van der Waals surface area contributed by atoms with E-state index in [-0.39, 0.29) is 12.3 Å². The van der Waals surface area contributed by atoms with Gasteiger partial charge in [0.1, 0.15) is 0 Å². The fourth-order valence-electron chi connectivity index (χ4n) is 2.44. The van der Waals surface area contributed by atoms with E-state index in [0.717, 1.165) is 23.1 Å². The molecule has 2 aromatic rings. The minimum Gasteiger partial charge on any atom is -0.326 e. The molecule has 0 radical (unpaired) electrons. The zero-order valence-electron chi connectivity index (χ0n) is 14.3. The second-order valence-electron chi connectivity index (χ2n) is 6.06. The highest BCUT2D eigenvalue weighted by Gasteiger charge is 2.20. The third kappa shape index (κ3) is 6.16. The number of hydrogen-bond acceptors (Lipinski definition) is 3. The van der Waals surface area contributed by atoms with Gasteiger partial charge in [0.2, 0.25) is 15.9 Å². The van der Waals surface area contributed by atoms with Gasteiger partial charge in [-0.25, -0.2) is 13.1 Å². The first-order valence-electron chi connectivity index (χ1n) is 7.74. The van der Waals surface area contributed by atoms with Crippen LogP contribution >= 0.6 is 11.6 Å². The molecular weight excluding hydrogens is 360 g/mol. The molecule has 0 saturated carbocycles. The Bertz CT molecular complexity index is 864. The molecule has 0 spiro atoms. The second-order valence-corrected chi connectivity index (χ2v) is 8.28. The molecule has 0 bridgehead atoms. The van der Waals surface area contributed by atoms with Crippen LogP contribution in [0.3, 0.4) is 0 Å². The Balaban J connectivity index is 2.19. The highest BCUT2D eigenvalue weighted by Crippen LogP contribution is 2.22. The molecule has 1 amide bonds. The number of amides is 1. The van der Waals surface area contributed by atoms with Crippen molar-refractivity contribution in [1.29, 1.82) is 0 Å². The Labute approximate surface area is 153 Å². The van der Waals surface area contributed by atoms with E-state index >= 15 is 0 Å².